The van der Waals surface area contributed by atoms with Gasteiger partial charge < -0.3 is 4.89 Å². The second-order valence-electron chi connectivity index (χ2n) is 11.1. The number of nitro groups is 2. The first-order valence-corrected chi connectivity index (χ1v) is 19.4. The summed E-state index contributed by atoms with van der Waals surface area (Å²) in [5, 5.41) is 23.3. The van der Waals surface area contributed by atoms with Gasteiger partial charge in [0.25, 0.3) is 11.4 Å². The van der Waals surface area contributed by atoms with Gasteiger partial charge in [-0.1, -0.05) is 31.2 Å². The predicted molar refractivity (Wildman–Crippen MR) is 169 cm³/mol. The van der Waals surface area contributed by atoms with Crippen LogP contribution in [0.3, 0.4) is 0 Å². The molecule has 48 heavy (non-hydrogen) atoms. The van der Waals surface area contributed by atoms with Gasteiger partial charge in [-0.15, -0.1) is 0 Å². The van der Waals surface area contributed by atoms with Crippen molar-refractivity contribution < 1.29 is 49.4 Å². The fourth-order valence-electron chi connectivity index (χ4n) is 4.98. The van der Waals surface area contributed by atoms with E-state index in [1.165, 1.54) is 31.2 Å². The Kier molecular flexibility index (Phi) is 13.3. The summed E-state index contributed by atoms with van der Waals surface area (Å²) in [6.07, 6.45) is -2.95. The molecular weight excluding hydrogens is 703 g/mol. The maximum Gasteiger partial charge on any atom is 0.405 e. The molecule has 268 valence electrons. The summed E-state index contributed by atoms with van der Waals surface area (Å²) < 4.78 is 106. The first-order valence-electron chi connectivity index (χ1n) is 14.9. The SMILES string of the molecule is CCC(C)OP(=O)(O)N1CCN(S(=O)(=O)c2ccccc2[N+](=O)[O-])CCCC(F)(F)CCCN(S(=O)(=O)c2ccccc2[N+](=O)[O-])CC1. The standard InChI is InChI=1S/C27H38F2N5O11PS2/c1-3-22(2)45-46(39,40)30-18-20-31(47(41,42)25-12-6-4-10-23(25)33(35)36)16-8-14-27(28,29)15-9-17-32(21-19-30)48(43,44)26-13-7-5-11-24(26)34(37)38/h4-7,10-13,22H,3,8-9,14-21H2,1-2H3,(H,39,40). The molecule has 1 saturated heterocycles. The number of hydrogen-bond donors (Lipinski definition) is 1. The van der Waals surface area contributed by atoms with Gasteiger partial charge in [0.2, 0.25) is 26.0 Å². The van der Waals surface area contributed by atoms with Gasteiger partial charge in [-0.25, -0.2) is 34.9 Å². The van der Waals surface area contributed by atoms with Crippen LogP contribution in [0.5, 0.6) is 0 Å². The molecule has 16 nitrogen and oxygen atoms in total. The minimum Gasteiger partial charge on any atom is -0.312 e. The van der Waals surface area contributed by atoms with E-state index in [1.54, 1.807) is 6.92 Å². The van der Waals surface area contributed by atoms with Crippen LogP contribution in [0.2, 0.25) is 0 Å². The van der Waals surface area contributed by atoms with Crippen LogP contribution >= 0.6 is 7.75 Å². The highest BCUT2D eigenvalue weighted by Gasteiger charge is 2.39. The largest absolute Gasteiger partial charge is 0.405 e. The topological polar surface area (TPSA) is 211 Å². The molecule has 0 aromatic heterocycles. The third-order valence-electron chi connectivity index (χ3n) is 7.72. The van der Waals surface area contributed by atoms with Crippen molar-refractivity contribution >= 4 is 39.2 Å². The Morgan fingerprint density at radius 1 is 0.833 bits per heavy atom. The Balaban J connectivity index is 2.09. The van der Waals surface area contributed by atoms with Crippen LogP contribution in [-0.2, 0) is 29.1 Å². The average molecular weight is 742 g/mol. The monoisotopic (exact) mass is 741 g/mol. The lowest BCUT2D eigenvalue weighted by atomic mass is 10.1. The van der Waals surface area contributed by atoms with Gasteiger partial charge in [0, 0.05) is 64.2 Å². The molecular formula is C27H38F2N5O11PS2. The third-order valence-corrected chi connectivity index (χ3v) is 13.4. The van der Waals surface area contributed by atoms with Crippen molar-refractivity contribution in [1.29, 1.82) is 0 Å². The highest BCUT2D eigenvalue weighted by molar-refractivity contribution is 7.89. The van der Waals surface area contributed by atoms with Gasteiger partial charge in [0.05, 0.1) is 16.0 Å². The fraction of sp³-hybridized carbons (Fsp3) is 0.556. The number of halogens is 2. The fourth-order valence-corrected chi connectivity index (χ4v) is 9.67. The summed E-state index contributed by atoms with van der Waals surface area (Å²) in [4.78, 5) is 31.0. The Morgan fingerprint density at radius 3 is 1.60 bits per heavy atom. The van der Waals surface area contributed by atoms with Gasteiger partial charge in [-0.3, -0.25) is 24.8 Å². The molecule has 2 aromatic carbocycles. The minimum absolute atomic E-state index is 0.295. The van der Waals surface area contributed by atoms with E-state index in [0.717, 1.165) is 28.9 Å². The summed E-state index contributed by atoms with van der Waals surface area (Å²) in [7, 11) is -14.2. The zero-order chi connectivity index (χ0) is 35.9. The van der Waals surface area contributed by atoms with Gasteiger partial charge >= 0.3 is 7.75 Å². The third kappa shape index (κ3) is 9.81. The van der Waals surface area contributed by atoms with E-state index >= 15 is 0 Å². The number of rotatable bonds is 10. The molecule has 1 aliphatic rings. The number of para-hydroxylation sites is 2. The first kappa shape index (κ1) is 39.5. The number of benzene rings is 2. The van der Waals surface area contributed by atoms with Crippen LogP contribution < -0.4 is 0 Å². The first-order chi connectivity index (χ1) is 22.3. The van der Waals surface area contributed by atoms with E-state index in [0.29, 0.717) is 15.0 Å². The van der Waals surface area contributed by atoms with Crippen LogP contribution in [0.25, 0.3) is 0 Å². The van der Waals surface area contributed by atoms with Gasteiger partial charge in [-0.2, -0.15) is 8.61 Å². The molecule has 1 N–H and O–H groups in total. The Hall–Kier alpha value is -2.97. The summed E-state index contributed by atoms with van der Waals surface area (Å²) in [5.74, 6) is -3.37. The van der Waals surface area contributed by atoms with E-state index in [1.807, 2.05) is 0 Å². The van der Waals surface area contributed by atoms with Crippen LogP contribution in [0.15, 0.2) is 58.3 Å². The molecule has 2 atom stereocenters. The van der Waals surface area contributed by atoms with E-state index in [-0.39, 0.29) is 0 Å². The summed E-state index contributed by atoms with van der Waals surface area (Å²) in [6, 6.07) is 8.90. The van der Waals surface area contributed by atoms with Crippen LogP contribution in [0.4, 0.5) is 20.2 Å². The minimum atomic E-state index is -4.78. The quantitative estimate of drug-likeness (QED) is 0.201. The molecule has 0 bridgehead atoms. The van der Waals surface area contributed by atoms with Crippen molar-refractivity contribution in [1.82, 2.24) is 13.3 Å². The second-order valence-corrected chi connectivity index (χ2v) is 16.7. The Labute approximate surface area is 277 Å². The van der Waals surface area contributed by atoms with Crippen LogP contribution in [0.1, 0.15) is 46.0 Å². The summed E-state index contributed by atoms with van der Waals surface area (Å²) in [6.45, 7) is -0.263. The maximum absolute atomic E-state index is 15.0. The molecule has 2 aromatic rings. The summed E-state index contributed by atoms with van der Waals surface area (Å²) in [5.41, 5.74) is -1.52. The van der Waals surface area contributed by atoms with E-state index in [2.05, 4.69) is 0 Å². The van der Waals surface area contributed by atoms with Crippen molar-refractivity contribution in [2.45, 2.75) is 67.8 Å². The Bertz CT molecular complexity index is 1630. The molecule has 3 rings (SSSR count). The molecule has 0 saturated carbocycles. The molecule has 2 unspecified atom stereocenters. The lowest BCUT2D eigenvalue weighted by Crippen LogP contribution is -2.43. The van der Waals surface area contributed by atoms with Crippen LogP contribution in [-0.4, -0.2) is 96.2 Å². The summed E-state index contributed by atoms with van der Waals surface area (Å²) >= 11 is 0. The number of nitrogens with zero attached hydrogens (tertiary/aromatic N) is 5. The highest BCUT2D eigenvalue weighted by atomic mass is 32.2. The molecule has 0 amide bonds. The van der Waals surface area contributed by atoms with Crippen molar-refractivity contribution in [3.8, 4) is 0 Å². The average Bonchev–Trinajstić information content (AvgIpc) is 3.01. The zero-order valence-corrected chi connectivity index (χ0v) is 28.8. The molecule has 1 fully saturated rings. The smallest absolute Gasteiger partial charge is 0.312 e. The van der Waals surface area contributed by atoms with E-state index in [4.69, 9.17) is 4.52 Å². The maximum atomic E-state index is 15.0. The van der Waals surface area contributed by atoms with Crippen molar-refractivity contribution in [2.24, 2.45) is 0 Å². The van der Waals surface area contributed by atoms with Crippen molar-refractivity contribution in [3.05, 3.63) is 68.8 Å². The van der Waals surface area contributed by atoms with E-state index in [9.17, 15) is 55.3 Å². The predicted octanol–water partition coefficient (Wildman–Crippen LogP) is 4.61. The normalized spacial score (nSPS) is 20.3. The highest BCUT2D eigenvalue weighted by Crippen LogP contribution is 2.48. The van der Waals surface area contributed by atoms with Gasteiger partial charge in [0.1, 0.15) is 0 Å². The van der Waals surface area contributed by atoms with Gasteiger partial charge in [0.15, 0.2) is 9.79 Å². The van der Waals surface area contributed by atoms with E-state index < -0.39 is 136 Å². The van der Waals surface area contributed by atoms with Crippen molar-refractivity contribution in [2.75, 3.05) is 39.3 Å². The van der Waals surface area contributed by atoms with Crippen molar-refractivity contribution in [3.63, 3.8) is 0 Å². The lowest BCUT2D eigenvalue weighted by molar-refractivity contribution is -0.388. The Morgan fingerprint density at radius 2 is 1.23 bits per heavy atom. The lowest BCUT2D eigenvalue weighted by Gasteiger charge is -2.33. The van der Waals surface area contributed by atoms with Gasteiger partial charge in [-0.05, 0) is 38.3 Å². The number of nitro benzene ring substituents is 2. The number of alkyl halides is 2. The zero-order valence-electron chi connectivity index (χ0n) is 26.3. The second kappa shape index (κ2) is 16.2. The molecule has 0 radical (unpaired) electrons. The number of sulfonamides is 2. The van der Waals surface area contributed by atoms with Crippen LogP contribution in [0, 0.1) is 20.2 Å². The molecule has 21 heteroatoms. The molecule has 1 heterocycles. The molecule has 1 aliphatic heterocycles. The molecule has 0 aliphatic carbocycles. The molecule has 0 spiro atoms. The number of hydrogen-bond acceptors (Lipinski definition) is 10.